The number of hydrogen-bond donors (Lipinski definition) is 2. The summed E-state index contributed by atoms with van der Waals surface area (Å²) in [7, 11) is 0. The fourth-order valence-electron chi connectivity index (χ4n) is 2.74. The van der Waals surface area contributed by atoms with Crippen LogP contribution in [0.3, 0.4) is 0 Å². The lowest BCUT2D eigenvalue weighted by atomic mass is 10.2. The van der Waals surface area contributed by atoms with E-state index >= 15 is 0 Å². The van der Waals surface area contributed by atoms with Crippen LogP contribution in [0.4, 0.5) is 5.69 Å². The normalized spacial score (nSPS) is 17.6. The van der Waals surface area contributed by atoms with Crippen LogP contribution < -0.4 is 15.1 Å². The summed E-state index contributed by atoms with van der Waals surface area (Å²) < 4.78 is 0. The third-order valence-electron chi connectivity index (χ3n) is 4.13. The minimum atomic E-state index is 0.0260. The first-order valence-corrected chi connectivity index (χ1v) is 8.12. The van der Waals surface area contributed by atoms with Gasteiger partial charge in [0.25, 0.3) is 5.91 Å². The van der Waals surface area contributed by atoms with Gasteiger partial charge in [0, 0.05) is 17.3 Å². The zero-order valence-electron chi connectivity index (χ0n) is 12.9. The van der Waals surface area contributed by atoms with E-state index in [1.165, 1.54) is 10.6 Å². The molecule has 0 aliphatic carbocycles. The number of hydrogen-bond acceptors (Lipinski definition) is 2. The lowest BCUT2D eigenvalue weighted by molar-refractivity contribution is -0.914. The van der Waals surface area contributed by atoms with Crippen molar-refractivity contribution in [2.75, 3.05) is 37.6 Å². The first-order chi connectivity index (χ1) is 10.1. The molecule has 1 fully saturated rings. The van der Waals surface area contributed by atoms with Crippen molar-refractivity contribution in [3.05, 3.63) is 29.3 Å². The molecule has 0 spiro atoms. The van der Waals surface area contributed by atoms with E-state index in [9.17, 15) is 4.79 Å². The van der Waals surface area contributed by atoms with Gasteiger partial charge in [0.05, 0.1) is 26.2 Å². The Kier molecular flexibility index (Phi) is 5.88. The predicted molar refractivity (Wildman–Crippen MR) is 87.1 cm³/mol. The van der Waals surface area contributed by atoms with Gasteiger partial charge in [-0.2, -0.15) is 0 Å². The van der Waals surface area contributed by atoms with Crippen molar-refractivity contribution in [1.82, 2.24) is 5.32 Å². The molecule has 21 heavy (non-hydrogen) atoms. The summed E-state index contributed by atoms with van der Waals surface area (Å²) in [5.74, 6) is 0.169. The van der Waals surface area contributed by atoms with Crippen molar-refractivity contribution >= 4 is 23.2 Å². The SMILES string of the molecule is CCCNC(=O)[C@@H](C)[NH+]1CCN(c2cccc(Cl)c2)CC1. The van der Waals surface area contributed by atoms with Gasteiger partial charge in [0.1, 0.15) is 0 Å². The molecule has 0 aromatic heterocycles. The van der Waals surface area contributed by atoms with Crippen molar-refractivity contribution in [1.29, 1.82) is 0 Å². The summed E-state index contributed by atoms with van der Waals surface area (Å²) in [6.45, 7) is 8.74. The maximum absolute atomic E-state index is 12.0. The van der Waals surface area contributed by atoms with Gasteiger partial charge in [-0.1, -0.05) is 24.6 Å². The van der Waals surface area contributed by atoms with Crippen LogP contribution in [-0.4, -0.2) is 44.7 Å². The molecular weight excluding hydrogens is 286 g/mol. The lowest BCUT2D eigenvalue weighted by Gasteiger charge is -2.36. The van der Waals surface area contributed by atoms with Gasteiger partial charge >= 0.3 is 0 Å². The van der Waals surface area contributed by atoms with E-state index < -0.39 is 0 Å². The van der Waals surface area contributed by atoms with E-state index in [1.807, 2.05) is 25.1 Å². The molecule has 2 N–H and O–H groups in total. The summed E-state index contributed by atoms with van der Waals surface area (Å²) in [4.78, 5) is 15.7. The Labute approximate surface area is 132 Å². The van der Waals surface area contributed by atoms with Gasteiger partial charge in [-0.15, -0.1) is 0 Å². The summed E-state index contributed by atoms with van der Waals surface area (Å²) in [6, 6.07) is 8.00. The molecule has 4 nitrogen and oxygen atoms in total. The van der Waals surface area contributed by atoms with Crippen molar-refractivity contribution in [3.63, 3.8) is 0 Å². The number of amides is 1. The fraction of sp³-hybridized carbons (Fsp3) is 0.562. The second-order valence-electron chi connectivity index (χ2n) is 5.64. The van der Waals surface area contributed by atoms with E-state index in [-0.39, 0.29) is 11.9 Å². The largest absolute Gasteiger partial charge is 0.360 e. The van der Waals surface area contributed by atoms with Crippen LogP contribution in [0.25, 0.3) is 0 Å². The van der Waals surface area contributed by atoms with Gasteiger partial charge in [0.2, 0.25) is 0 Å². The van der Waals surface area contributed by atoms with E-state index in [0.29, 0.717) is 0 Å². The first kappa shape index (κ1) is 16.1. The molecule has 1 amide bonds. The van der Waals surface area contributed by atoms with Crippen molar-refractivity contribution in [2.24, 2.45) is 0 Å². The Morgan fingerprint density at radius 2 is 2.14 bits per heavy atom. The van der Waals surface area contributed by atoms with E-state index in [4.69, 9.17) is 11.6 Å². The lowest BCUT2D eigenvalue weighted by Crippen LogP contribution is -3.19. The molecule has 0 unspecified atom stereocenters. The second kappa shape index (κ2) is 7.66. The van der Waals surface area contributed by atoms with Crippen molar-refractivity contribution in [2.45, 2.75) is 26.3 Å². The molecule has 5 heteroatoms. The number of benzene rings is 1. The summed E-state index contributed by atoms with van der Waals surface area (Å²) >= 11 is 6.05. The number of piperazine rings is 1. The van der Waals surface area contributed by atoms with Crippen LogP contribution in [-0.2, 0) is 4.79 Å². The highest BCUT2D eigenvalue weighted by molar-refractivity contribution is 6.30. The van der Waals surface area contributed by atoms with Crippen LogP contribution >= 0.6 is 11.6 Å². The van der Waals surface area contributed by atoms with Gasteiger partial charge < -0.3 is 15.1 Å². The average Bonchev–Trinajstić information content (AvgIpc) is 2.52. The Morgan fingerprint density at radius 1 is 1.43 bits per heavy atom. The molecule has 1 heterocycles. The maximum Gasteiger partial charge on any atom is 0.278 e. The average molecular weight is 311 g/mol. The molecule has 1 aliphatic heterocycles. The maximum atomic E-state index is 12.0. The fourth-order valence-corrected chi connectivity index (χ4v) is 2.93. The molecule has 1 atom stereocenters. The smallest absolute Gasteiger partial charge is 0.278 e. The molecule has 116 valence electrons. The number of halogens is 1. The minimum absolute atomic E-state index is 0.0260. The molecule has 2 rings (SSSR count). The van der Waals surface area contributed by atoms with Crippen LogP contribution in [0.5, 0.6) is 0 Å². The molecule has 0 bridgehead atoms. The Bertz CT molecular complexity index is 472. The number of carbonyl (C=O) groups excluding carboxylic acids is 1. The van der Waals surface area contributed by atoms with E-state index in [1.54, 1.807) is 0 Å². The predicted octanol–water partition coefficient (Wildman–Crippen LogP) is 0.960. The number of nitrogens with zero attached hydrogens (tertiary/aromatic N) is 1. The zero-order valence-corrected chi connectivity index (χ0v) is 13.6. The van der Waals surface area contributed by atoms with Crippen molar-refractivity contribution < 1.29 is 9.69 Å². The Morgan fingerprint density at radius 3 is 2.76 bits per heavy atom. The monoisotopic (exact) mass is 310 g/mol. The molecule has 1 saturated heterocycles. The number of carbonyl (C=O) groups is 1. The van der Waals surface area contributed by atoms with Crippen LogP contribution in [0.15, 0.2) is 24.3 Å². The quantitative estimate of drug-likeness (QED) is 0.850. The highest BCUT2D eigenvalue weighted by Gasteiger charge is 2.28. The number of rotatable bonds is 5. The van der Waals surface area contributed by atoms with E-state index in [2.05, 4.69) is 23.2 Å². The molecule has 1 aliphatic rings. The summed E-state index contributed by atoms with van der Waals surface area (Å²) in [5.41, 5.74) is 1.17. The van der Waals surface area contributed by atoms with Gasteiger partial charge in [-0.25, -0.2) is 0 Å². The standard InChI is InChI=1S/C16H24ClN3O/c1-3-7-18-16(21)13(2)19-8-10-20(11-9-19)15-6-4-5-14(17)12-15/h4-6,12-13H,3,7-11H2,1-2H3,(H,18,21)/p+1/t13-/m1/s1. The summed E-state index contributed by atoms with van der Waals surface area (Å²) in [5, 5.41) is 3.76. The summed E-state index contributed by atoms with van der Waals surface area (Å²) in [6.07, 6.45) is 0.982. The Balaban J connectivity index is 1.86. The third-order valence-corrected chi connectivity index (χ3v) is 4.37. The van der Waals surface area contributed by atoms with Gasteiger partial charge in [-0.05, 0) is 31.5 Å². The highest BCUT2D eigenvalue weighted by atomic mass is 35.5. The molecule has 0 saturated carbocycles. The van der Waals surface area contributed by atoms with Gasteiger partial charge in [0.15, 0.2) is 6.04 Å². The molecule has 0 radical (unpaired) electrons. The topological polar surface area (TPSA) is 36.8 Å². The number of anilines is 1. The van der Waals surface area contributed by atoms with E-state index in [0.717, 1.165) is 44.2 Å². The molecule has 1 aromatic rings. The van der Waals surface area contributed by atoms with Gasteiger partial charge in [-0.3, -0.25) is 4.79 Å². The number of nitrogens with one attached hydrogen (secondary N) is 2. The van der Waals surface area contributed by atoms with Crippen LogP contribution in [0, 0.1) is 0 Å². The molecular formula is C16H25ClN3O+. The zero-order chi connectivity index (χ0) is 15.2. The van der Waals surface area contributed by atoms with Crippen molar-refractivity contribution in [3.8, 4) is 0 Å². The first-order valence-electron chi connectivity index (χ1n) is 7.74. The Hall–Kier alpha value is -1.26. The molecule has 1 aromatic carbocycles. The second-order valence-corrected chi connectivity index (χ2v) is 6.07. The third kappa shape index (κ3) is 4.35. The highest BCUT2D eigenvalue weighted by Crippen LogP contribution is 2.19. The van der Waals surface area contributed by atoms with Crippen LogP contribution in [0.2, 0.25) is 5.02 Å². The minimum Gasteiger partial charge on any atom is -0.360 e. The van der Waals surface area contributed by atoms with Crippen LogP contribution in [0.1, 0.15) is 20.3 Å². The number of quaternary nitrogens is 1.